The third-order valence-electron chi connectivity index (χ3n) is 4.99. The Bertz CT molecular complexity index is 404. The van der Waals surface area contributed by atoms with E-state index in [0.717, 1.165) is 13.3 Å². The van der Waals surface area contributed by atoms with E-state index in [9.17, 15) is 0 Å². The van der Waals surface area contributed by atoms with E-state index in [2.05, 4.69) is 57.6 Å². The van der Waals surface area contributed by atoms with Crippen LogP contribution in [0.2, 0.25) is 0 Å². The summed E-state index contributed by atoms with van der Waals surface area (Å²) in [7, 11) is 0. The highest BCUT2D eigenvalue weighted by Gasteiger charge is 2.09. The first-order valence-electron chi connectivity index (χ1n) is 10.9. The summed E-state index contributed by atoms with van der Waals surface area (Å²) in [6.45, 7) is 15.9. The summed E-state index contributed by atoms with van der Waals surface area (Å²) in [4.78, 5) is 8.97. The van der Waals surface area contributed by atoms with Crippen molar-refractivity contribution in [1.82, 2.24) is 19.6 Å². The summed E-state index contributed by atoms with van der Waals surface area (Å²) in [5.74, 6) is 0. The summed E-state index contributed by atoms with van der Waals surface area (Å²) >= 11 is 0. The van der Waals surface area contributed by atoms with Gasteiger partial charge in [0, 0.05) is 37.9 Å². The fraction of sp³-hybridized carbons (Fsp3) is 0.667. The van der Waals surface area contributed by atoms with E-state index in [-0.39, 0.29) is 7.43 Å². The van der Waals surface area contributed by atoms with Gasteiger partial charge >= 0.3 is 0 Å². The number of hydrogen-bond acceptors (Lipinski definition) is 4. The van der Waals surface area contributed by atoms with Gasteiger partial charge in [0.2, 0.25) is 0 Å². The molecule has 0 N–H and O–H groups in total. The van der Waals surface area contributed by atoms with Crippen molar-refractivity contribution >= 4 is 0 Å². The van der Waals surface area contributed by atoms with Gasteiger partial charge in [-0.15, -0.1) is 0 Å². The summed E-state index contributed by atoms with van der Waals surface area (Å²) < 4.78 is 0. The lowest BCUT2D eigenvalue weighted by atomic mass is 10.1. The highest BCUT2D eigenvalue weighted by atomic mass is 15.3. The molecule has 28 heavy (non-hydrogen) atoms. The molecule has 0 aliphatic carbocycles. The molecule has 0 fully saturated rings. The lowest BCUT2D eigenvalue weighted by Gasteiger charge is -2.18. The van der Waals surface area contributed by atoms with E-state index in [0.29, 0.717) is 0 Å². The second kappa shape index (κ2) is 17.3. The van der Waals surface area contributed by atoms with Gasteiger partial charge in [-0.25, -0.2) is 0 Å². The molecule has 0 aromatic heterocycles. The SMILES string of the molecule is C.C=CN1C=CN(CCCCCCCCCCCN2C=CN(C=C)C2)C1.CC. The number of unbranched alkanes of at least 4 members (excludes halogenated alkanes) is 8. The topological polar surface area (TPSA) is 13.0 Å². The third-order valence-corrected chi connectivity index (χ3v) is 4.99. The van der Waals surface area contributed by atoms with Crippen LogP contribution in [0.3, 0.4) is 0 Å². The van der Waals surface area contributed by atoms with Crippen LogP contribution in [0.25, 0.3) is 0 Å². The van der Waals surface area contributed by atoms with Gasteiger partial charge in [-0.3, -0.25) is 0 Å². The molecule has 2 rings (SSSR count). The first-order valence-corrected chi connectivity index (χ1v) is 10.9. The van der Waals surface area contributed by atoms with E-state index < -0.39 is 0 Å². The molecule has 0 aromatic carbocycles. The van der Waals surface area contributed by atoms with Crippen LogP contribution in [0, 0.1) is 0 Å². The third kappa shape index (κ3) is 11.1. The maximum Gasteiger partial charge on any atom is 0.0935 e. The molecule has 0 aromatic rings. The first kappa shape index (κ1) is 26.2. The number of rotatable bonds is 14. The smallest absolute Gasteiger partial charge is 0.0935 e. The van der Waals surface area contributed by atoms with E-state index in [1.54, 1.807) is 0 Å². The van der Waals surface area contributed by atoms with E-state index >= 15 is 0 Å². The Kier molecular flexibility index (Phi) is 16.1. The molecule has 4 heteroatoms. The largest absolute Gasteiger partial charge is 0.358 e. The van der Waals surface area contributed by atoms with Gasteiger partial charge in [-0.05, 0) is 25.2 Å². The zero-order valence-electron chi connectivity index (χ0n) is 17.9. The van der Waals surface area contributed by atoms with Gasteiger partial charge in [0.25, 0.3) is 0 Å². The molecule has 2 aliphatic rings. The molecular formula is C24H46N4. The molecule has 0 spiro atoms. The molecular weight excluding hydrogens is 344 g/mol. The van der Waals surface area contributed by atoms with Gasteiger partial charge in [0.15, 0.2) is 0 Å². The predicted octanol–water partition coefficient (Wildman–Crippen LogP) is 6.54. The average Bonchev–Trinajstić information content (AvgIpc) is 3.36. The molecule has 162 valence electrons. The number of nitrogens with zero attached hydrogens (tertiary/aromatic N) is 4. The Labute approximate surface area is 175 Å². The predicted molar refractivity (Wildman–Crippen MR) is 125 cm³/mol. The molecule has 0 bridgehead atoms. The van der Waals surface area contributed by atoms with Gasteiger partial charge in [-0.2, -0.15) is 0 Å². The molecule has 0 amide bonds. The minimum Gasteiger partial charge on any atom is -0.358 e. The van der Waals surface area contributed by atoms with Crippen molar-refractivity contribution in [3.8, 4) is 0 Å². The lowest BCUT2D eigenvalue weighted by molar-refractivity contribution is 0.306. The van der Waals surface area contributed by atoms with Gasteiger partial charge < -0.3 is 19.6 Å². The quantitative estimate of drug-likeness (QED) is 0.312. The normalized spacial score (nSPS) is 14.8. The van der Waals surface area contributed by atoms with Crippen molar-refractivity contribution in [3.63, 3.8) is 0 Å². The molecule has 2 heterocycles. The fourth-order valence-corrected chi connectivity index (χ4v) is 3.36. The maximum atomic E-state index is 3.80. The van der Waals surface area contributed by atoms with Crippen LogP contribution in [0.5, 0.6) is 0 Å². The van der Waals surface area contributed by atoms with Crippen molar-refractivity contribution in [2.24, 2.45) is 0 Å². The zero-order chi connectivity index (χ0) is 19.7. The lowest BCUT2D eigenvalue weighted by Crippen LogP contribution is -2.22. The van der Waals surface area contributed by atoms with Gasteiger partial charge in [0.05, 0.1) is 13.3 Å². The summed E-state index contributed by atoms with van der Waals surface area (Å²) in [5, 5.41) is 0. The summed E-state index contributed by atoms with van der Waals surface area (Å²) in [6, 6.07) is 0. The minimum atomic E-state index is 0. The van der Waals surface area contributed by atoms with Crippen molar-refractivity contribution in [1.29, 1.82) is 0 Å². The Morgan fingerprint density at radius 2 is 0.929 bits per heavy atom. The summed E-state index contributed by atoms with van der Waals surface area (Å²) in [5.41, 5.74) is 0. The van der Waals surface area contributed by atoms with Crippen molar-refractivity contribution < 1.29 is 0 Å². The standard InChI is InChI=1S/C21H36N4.C2H6.CH4/c1-3-22-16-18-24(20-22)14-12-10-8-6-5-7-9-11-13-15-25-19-17-23(4-2)21-25;1-2;/h3-4,16-19H,1-2,5-15,20-21H2;1-2H3;1H4. The second-order valence-corrected chi connectivity index (χ2v) is 7.08. The maximum absolute atomic E-state index is 3.80. The number of hydrogen-bond donors (Lipinski definition) is 0. The highest BCUT2D eigenvalue weighted by molar-refractivity contribution is 4.95. The van der Waals surface area contributed by atoms with Crippen molar-refractivity contribution in [2.75, 3.05) is 26.4 Å². The summed E-state index contributed by atoms with van der Waals surface area (Å²) in [6.07, 6.45) is 24.6. The molecule has 2 aliphatic heterocycles. The van der Waals surface area contributed by atoms with Crippen LogP contribution in [0.4, 0.5) is 0 Å². The van der Waals surface area contributed by atoms with E-state index in [1.807, 2.05) is 26.2 Å². The van der Waals surface area contributed by atoms with Crippen molar-refractivity contribution in [3.05, 3.63) is 50.4 Å². The van der Waals surface area contributed by atoms with Crippen LogP contribution in [0.15, 0.2) is 50.4 Å². The van der Waals surface area contributed by atoms with Crippen LogP contribution in [-0.2, 0) is 0 Å². The van der Waals surface area contributed by atoms with Gasteiger partial charge in [0.1, 0.15) is 0 Å². The monoisotopic (exact) mass is 390 g/mol. The minimum absolute atomic E-state index is 0. The Hall–Kier alpha value is -1.84. The molecule has 0 unspecified atom stereocenters. The molecule has 0 saturated heterocycles. The van der Waals surface area contributed by atoms with Crippen LogP contribution < -0.4 is 0 Å². The van der Waals surface area contributed by atoms with Crippen LogP contribution in [0.1, 0.15) is 79.1 Å². The van der Waals surface area contributed by atoms with Gasteiger partial charge in [-0.1, -0.05) is 79.4 Å². The zero-order valence-corrected chi connectivity index (χ0v) is 17.9. The van der Waals surface area contributed by atoms with Crippen LogP contribution >= 0.6 is 0 Å². The fourth-order valence-electron chi connectivity index (χ4n) is 3.36. The van der Waals surface area contributed by atoms with E-state index in [1.165, 1.54) is 70.9 Å². The molecule has 0 atom stereocenters. The second-order valence-electron chi connectivity index (χ2n) is 7.08. The first-order chi connectivity index (χ1) is 13.3. The molecule has 4 nitrogen and oxygen atoms in total. The highest BCUT2D eigenvalue weighted by Crippen LogP contribution is 2.13. The van der Waals surface area contributed by atoms with Crippen molar-refractivity contribution in [2.45, 2.75) is 79.1 Å². The molecule has 0 radical (unpaired) electrons. The molecule has 0 saturated carbocycles. The van der Waals surface area contributed by atoms with Crippen LogP contribution in [-0.4, -0.2) is 46.0 Å². The average molecular weight is 391 g/mol. The Morgan fingerprint density at radius 1 is 0.607 bits per heavy atom. The van der Waals surface area contributed by atoms with E-state index in [4.69, 9.17) is 0 Å². The Morgan fingerprint density at radius 3 is 1.21 bits per heavy atom. The Balaban J connectivity index is 0.00000235.